The molecule has 0 fully saturated rings. The van der Waals surface area contributed by atoms with E-state index in [9.17, 15) is 0 Å². The minimum atomic E-state index is -0.780. The van der Waals surface area contributed by atoms with Crippen LogP contribution in [0.4, 0.5) is 0 Å². The summed E-state index contributed by atoms with van der Waals surface area (Å²) in [7, 11) is 0. The first-order valence-electron chi connectivity index (χ1n) is 24.1. The van der Waals surface area contributed by atoms with E-state index in [2.05, 4.69) is 226 Å². The second kappa shape index (κ2) is 14.2. The second-order valence-electron chi connectivity index (χ2n) is 18.7. The smallest absolute Gasteiger partial charge is 0.137 e. The maximum absolute atomic E-state index is 7.02. The fourth-order valence-electron chi connectivity index (χ4n) is 12.4. The van der Waals surface area contributed by atoms with E-state index in [4.69, 9.17) is 19.7 Å². The van der Waals surface area contributed by atoms with Gasteiger partial charge in [-0.3, -0.25) is 14.5 Å². The van der Waals surface area contributed by atoms with Crippen LogP contribution < -0.4 is 4.74 Å². The van der Waals surface area contributed by atoms with Crippen LogP contribution in [0.25, 0.3) is 105 Å². The van der Waals surface area contributed by atoms with Crippen LogP contribution in [0.2, 0.25) is 0 Å². The van der Waals surface area contributed by atoms with Gasteiger partial charge in [-0.2, -0.15) is 0 Å². The van der Waals surface area contributed by atoms with Gasteiger partial charge in [-0.15, -0.1) is 0 Å². The predicted molar refractivity (Wildman–Crippen MR) is 286 cm³/mol. The Kier molecular flexibility index (Phi) is 7.69. The number of fused-ring (bicyclic) bond motifs is 18. The molecule has 0 saturated heterocycles. The largest absolute Gasteiger partial charge is 0.457 e. The van der Waals surface area contributed by atoms with E-state index in [-0.39, 0.29) is 0 Å². The van der Waals surface area contributed by atoms with E-state index < -0.39 is 5.41 Å². The van der Waals surface area contributed by atoms with Crippen LogP contribution in [0.5, 0.6) is 11.5 Å². The number of hydrogen-bond acceptors (Lipinski definition) is 4. The third-order valence-corrected chi connectivity index (χ3v) is 15.3. The quantitative estimate of drug-likeness (QED) is 0.176. The van der Waals surface area contributed by atoms with Crippen molar-refractivity contribution < 1.29 is 4.74 Å². The molecule has 1 aliphatic carbocycles. The SMILES string of the molecule is c1cnc2c(c1)C1(c3cc(-c4ccc5c(c4)c4ccccc4n5-c4ccc(-n5c6ccccc6c6ccccc65)cn4)ccc3Oc3ccc(-n4c5ccccc5c5ccccc54)cc31)c1cccnc1-2. The first-order valence-corrected chi connectivity index (χ1v) is 24.1. The zero-order chi connectivity index (χ0) is 46.4. The number of nitrogens with zero attached hydrogens (tertiary/aromatic N) is 6. The molecule has 2 aliphatic rings. The lowest BCUT2D eigenvalue weighted by atomic mass is 9.66. The van der Waals surface area contributed by atoms with Crippen molar-refractivity contribution in [1.82, 2.24) is 28.7 Å². The molecule has 0 atom stereocenters. The lowest BCUT2D eigenvalue weighted by molar-refractivity contribution is 0.436. The molecule has 7 nitrogen and oxygen atoms in total. The molecule has 14 aromatic rings. The first-order chi connectivity index (χ1) is 35.2. The molecule has 0 bridgehead atoms. The average Bonchev–Trinajstić information content (AvgIpc) is 4.15. The fraction of sp³-hybridized carbons (Fsp3) is 0.0156. The summed E-state index contributed by atoms with van der Waals surface area (Å²) < 4.78 is 14.0. The molecule has 6 aromatic heterocycles. The predicted octanol–water partition coefficient (Wildman–Crippen LogP) is 15.3. The van der Waals surface area contributed by atoms with Crippen molar-refractivity contribution in [3.63, 3.8) is 0 Å². The van der Waals surface area contributed by atoms with Gasteiger partial charge in [0.1, 0.15) is 17.3 Å². The molecule has 16 rings (SSSR count). The molecule has 8 aromatic carbocycles. The van der Waals surface area contributed by atoms with Crippen LogP contribution in [0.1, 0.15) is 22.3 Å². The summed E-state index contributed by atoms with van der Waals surface area (Å²) in [5.41, 5.74) is 16.4. The van der Waals surface area contributed by atoms with Gasteiger partial charge in [0.2, 0.25) is 0 Å². The molecule has 0 radical (unpaired) electrons. The minimum Gasteiger partial charge on any atom is -0.457 e. The zero-order valence-corrected chi connectivity index (χ0v) is 38.0. The van der Waals surface area contributed by atoms with E-state index in [0.29, 0.717) is 0 Å². The van der Waals surface area contributed by atoms with E-state index in [1.807, 2.05) is 18.6 Å². The van der Waals surface area contributed by atoms with Gasteiger partial charge in [0.05, 0.1) is 61.8 Å². The second-order valence-corrected chi connectivity index (χ2v) is 18.7. The van der Waals surface area contributed by atoms with E-state index >= 15 is 0 Å². The van der Waals surface area contributed by atoms with Crippen LogP contribution >= 0.6 is 0 Å². The summed E-state index contributed by atoms with van der Waals surface area (Å²) in [6.45, 7) is 0. The number of para-hydroxylation sites is 5. The summed E-state index contributed by atoms with van der Waals surface area (Å²) in [5, 5.41) is 7.22. The fourth-order valence-corrected chi connectivity index (χ4v) is 12.4. The van der Waals surface area contributed by atoms with Crippen molar-refractivity contribution in [3.05, 3.63) is 253 Å². The number of benzene rings is 8. The van der Waals surface area contributed by atoms with Gasteiger partial charge in [0, 0.05) is 61.5 Å². The first kappa shape index (κ1) is 38.4. The average molecular weight is 907 g/mol. The number of pyridine rings is 3. The van der Waals surface area contributed by atoms with Crippen molar-refractivity contribution in [3.8, 4) is 51.2 Å². The Morgan fingerprint density at radius 2 is 0.775 bits per heavy atom. The van der Waals surface area contributed by atoms with Crippen molar-refractivity contribution in [2.75, 3.05) is 0 Å². The standard InChI is InChI=1S/C64H38N6O/c1-6-20-53-43(13-1)44-14-2-7-21-54(44)68(53)41-27-31-60-52(37-41)64(49-18-11-33-65-62(49)63-50(64)19-12-34-66-63)51-36-40(26-30-59(51)71-60)39-25-29-58-48(35-39)47-17-5-10-24-57(47)70(58)61-32-28-42(38-67-61)69-55-22-8-3-15-45(55)46-16-4-9-23-56(46)69/h1-38H. The Balaban J connectivity index is 0.872. The van der Waals surface area contributed by atoms with Crippen molar-refractivity contribution in [2.24, 2.45) is 0 Å². The van der Waals surface area contributed by atoms with Gasteiger partial charge in [-0.25, -0.2) is 4.98 Å². The third kappa shape index (κ3) is 5.13. The molecular weight excluding hydrogens is 869 g/mol. The molecule has 7 heteroatoms. The molecule has 7 heterocycles. The summed E-state index contributed by atoms with van der Waals surface area (Å²) in [6.07, 6.45) is 5.76. The van der Waals surface area contributed by atoms with Crippen molar-refractivity contribution in [1.29, 1.82) is 0 Å². The van der Waals surface area contributed by atoms with E-state index in [1.165, 1.54) is 21.5 Å². The molecule has 1 spiro atoms. The maximum Gasteiger partial charge on any atom is 0.137 e. The molecule has 0 amide bonds. The highest BCUT2D eigenvalue weighted by molar-refractivity contribution is 6.12. The van der Waals surface area contributed by atoms with E-state index in [1.54, 1.807) is 0 Å². The normalized spacial score (nSPS) is 13.3. The Morgan fingerprint density at radius 1 is 0.324 bits per heavy atom. The minimum absolute atomic E-state index is 0.780. The number of hydrogen-bond donors (Lipinski definition) is 0. The van der Waals surface area contributed by atoms with Crippen LogP contribution in [0, 0.1) is 0 Å². The third-order valence-electron chi connectivity index (χ3n) is 15.3. The number of ether oxygens (including phenoxy) is 1. The highest BCUT2D eigenvalue weighted by atomic mass is 16.5. The topological polar surface area (TPSA) is 62.7 Å². The highest BCUT2D eigenvalue weighted by Crippen LogP contribution is 2.62. The maximum atomic E-state index is 7.02. The molecule has 1 aliphatic heterocycles. The Hall–Kier alpha value is -9.59. The van der Waals surface area contributed by atoms with Gasteiger partial charge in [-0.05, 0) is 119 Å². The Labute approximate surface area is 406 Å². The molecule has 71 heavy (non-hydrogen) atoms. The van der Waals surface area contributed by atoms with Crippen molar-refractivity contribution in [2.45, 2.75) is 5.41 Å². The summed E-state index contributed by atoms with van der Waals surface area (Å²) in [6, 6.07) is 76.3. The monoisotopic (exact) mass is 906 g/mol. The molecule has 330 valence electrons. The zero-order valence-electron chi connectivity index (χ0n) is 38.0. The van der Waals surface area contributed by atoms with Crippen molar-refractivity contribution >= 4 is 65.4 Å². The van der Waals surface area contributed by atoms with Gasteiger partial charge >= 0.3 is 0 Å². The van der Waals surface area contributed by atoms with E-state index in [0.717, 1.165) is 117 Å². The lowest BCUT2D eigenvalue weighted by Crippen LogP contribution is -2.32. The van der Waals surface area contributed by atoms with Gasteiger partial charge in [0.25, 0.3) is 0 Å². The number of aromatic nitrogens is 6. The lowest BCUT2D eigenvalue weighted by Gasteiger charge is -2.39. The number of rotatable bonds is 4. The Bertz CT molecular complexity index is 4420. The van der Waals surface area contributed by atoms with Gasteiger partial charge in [-0.1, -0.05) is 115 Å². The highest BCUT2D eigenvalue weighted by Gasteiger charge is 2.52. The molecule has 0 unspecified atom stereocenters. The summed E-state index contributed by atoms with van der Waals surface area (Å²) in [4.78, 5) is 15.3. The van der Waals surface area contributed by atoms with Crippen LogP contribution in [-0.2, 0) is 5.41 Å². The van der Waals surface area contributed by atoms with Gasteiger partial charge in [0.15, 0.2) is 0 Å². The summed E-state index contributed by atoms with van der Waals surface area (Å²) >= 11 is 0. The molecule has 0 N–H and O–H groups in total. The van der Waals surface area contributed by atoms with Gasteiger partial charge < -0.3 is 13.9 Å². The van der Waals surface area contributed by atoms with Crippen LogP contribution in [0.15, 0.2) is 231 Å². The summed E-state index contributed by atoms with van der Waals surface area (Å²) in [5.74, 6) is 2.48. The van der Waals surface area contributed by atoms with Crippen LogP contribution in [0.3, 0.4) is 0 Å². The van der Waals surface area contributed by atoms with Crippen LogP contribution in [-0.4, -0.2) is 28.7 Å². The Morgan fingerprint density at radius 3 is 1.34 bits per heavy atom. The molecular formula is C64H38N6O. The molecule has 0 saturated carbocycles.